The van der Waals surface area contributed by atoms with E-state index in [1.54, 1.807) is 6.92 Å². The van der Waals surface area contributed by atoms with Gasteiger partial charge < -0.3 is 10.6 Å². The van der Waals surface area contributed by atoms with Gasteiger partial charge in [0.1, 0.15) is 0 Å². The summed E-state index contributed by atoms with van der Waals surface area (Å²) < 4.78 is 25.5. The summed E-state index contributed by atoms with van der Waals surface area (Å²) in [6, 6.07) is 0.446. The second-order valence-electron chi connectivity index (χ2n) is 7.21. The molecule has 1 aliphatic heterocycles. The fourth-order valence-electron chi connectivity index (χ4n) is 3.19. The summed E-state index contributed by atoms with van der Waals surface area (Å²) in [7, 11) is -3.14. The number of guanidine groups is 1. The lowest BCUT2D eigenvalue weighted by Crippen LogP contribution is -2.45. The molecule has 1 saturated heterocycles. The Hall–Kier alpha value is -0.860. The molecule has 3 N–H and O–H groups in total. The molecule has 0 spiro atoms. The van der Waals surface area contributed by atoms with Crippen LogP contribution in [-0.2, 0) is 10.0 Å². The summed E-state index contributed by atoms with van der Waals surface area (Å²) in [6.45, 7) is 13.0. The van der Waals surface area contributed by atoms with Gasteiger partial charge in [0.25, 0.3) is 0 Å². The third-order valence-corrected chi connectivity index (χ3v) is 6.18. The Bertz CT molecular complexity index is 500. The summed E-state index contributed by atoms with van der Waals surface area (Å²) in [5, 5.41) is 6.47. The lowest BCUT2D eigenvalue weighted by molar-refractivity contribution is 0.166. The number of hydrogen-bond donors (Lipinski definition) is 3. The monoisotopic (exact) mass is 389 g/mol. The van der Waals surface area contributed by atoms with Crippen LogP contribution in [0.1, 0.15) is 53.4 Å². The Labute approximate surface area is 160 Å². The van der Waals surface area contributed by atoms with Gasteiger partial charge in [-0.3, -0.25) is 9.89 Å². The average molecular weight is 390 g/mol. The first-order chi connectivity index (χ1) is 12.4. The molecular formula is C18H39N5O2S. The van der Waals surface area contributed by atoms with Gasteiger partial charge in [-0.25, -0.2) is 13.1 Å². The first-order valence-corrected chi connectivity index (χ1v) is 11.8. The average Bonchev–Trinajstić information content (AvgIpc) is 2.87. The molecular weight excluding hydrogens is 350 g/mol. The van der Waals surface area contributed by atoms with Crippen LogP contribution in [0, 0.1) is 5.92 Å². The zero-order valence-electron chi connectivity index (χ0n) is 17.1. The van der Waals surface area contributed by atoms with Gasteiger partial charge in [-0.05, 0) is 45.7 Å². The molecule has 7 nitrogen and oxygen atoms in total. The highest BCUT2D eigenvalue weighted by Gasteiger charge is 2.22. The number of nitrogens with one attached hydrogen (secondary N) is 3. The van der Waals surface area contributed by atoms with Gasteiger partial charge >= 0.3 is 0 Å². The van der Waals surface area contributed by atoms with Crippen LogP contribution < -0.4 is 15.4 Å². The summed E-state index contributed by atoms with van der Waals surface area (Å²) in [4.78, 5) is 7.37. The SMILES string of the molecule is CCNC(=NCC(C(C)C)N1CCCCCC1)NCCNS(=O)(=O)CC. The number of nitrogens with zero attached hydrogens (tertiary/aromatic N) is 2. The van der Waals surface area contributed by atoms with Crippen LogP contribution in [-0.4, -0.2) is 70.3 Å². The quantitative estimate of drug-likeness (QED) is 0.299. The van der Waals surface area contributed by atoms with E-state index in [4.69, 9.17) is 4.99 Å². The Morgan fingerprint density at radius 2 is 1.69 bits per heavy atom. The van der Waals surface area contributed by atoms with Gasteiger partial charge in [-0.15, -0.1) is 0 Å². The molecule has 0 amide bonds. The van der Waals surface area contributed by atoms with Crippen LogP contribution in [0.2, 0.25) is 0 Å². The molecule has 0 aromatic rings. The zero-order chi connectivity index (χ0) is 19.4. The molecule has 0 bridgehead atoms. The molecule has 1 atom stereocenters. The van der Waals surface area contributed by atoms with Crippen molar-refractivity contribution in [1.82, 2.24) is 20.3 Å². The van der Waals surface area contributed by atoms with Gasteiger partial charge in [0, 0.05) is 25.7 Å². The molecule has 26 heavy (non-hydrogen) atoms. The minimum Gasteiger partial charge on any atom is -0.357 e. The standard InChI is InChI=1S/C18H39N5O2S/c1-5-19-18(20-11-12-22-26(24,25)6-2)21-15-17(16(3)4)23-13-9-7-8-10-14-23/h16-17,22H,5-15H2,1-4H3,(H2,19,20,21). The highest BCUT2D eigenvalue weighted by molar-refractivity contribution is 7.89. The fourth-order valence-corrected chi connectivity index (χ4v) is 3.81. The summed E-state index contributed by atoms with van der Waals surface area (Å²) in [5.41, 5.74) is 0. The van der Waals surface area contributed by atoms with Gasteiger partial charge in [0.2, 0.25) is 10.0 Å². The van der Waals surface area contributed by atoms with Crippen molar-refractivity contribution in [3.05, 3.63) is 0 Å². The van der Waals surface area contributed by atoms with Crippen molar-refractivity contribution in [1.29, 1.82) is 0 Å². The van der Waals surface area contributed by atoms with Crippen LogP contribution >= 0.6 is 0 Å². The Balaban J connectivity index is 2.57. The highest BCUT2D eigenvalue weighted by atomic mass is 32.2. The molecule has 1 heterocycles. The van der Waals surface area contributed by atoms with Crippen LogP contribution in [0.3, 0.4) is 0 Å². The maximum absolute atomic E-state index is 11.5. The fraction of sp³-hybridized carbons (Fsp3) is 0.944. The molecule has 0 radical (unpaired) electrons. The van der Waals surface area contributed by atoms with E-state index in [1.807, 2.05) is 6.92 Å². The van der Waals surface area contributed by atoms with E-state index in [1.165, 1.54) is 38.8 Å². The summed E-state index contributed by atoms with van der Waals surface area (Å²) in [5.74, 6) is 1.41. The van der Waals surface area contributed by atoms with E-state index in [2.05, 4.69) is 34.1 Å². The summed E-state index contributed by atoms with van der Waals surface area (Å²) in [6.07, 6.45) is 5.23. The van der Waals surface area contributed by atoms with Crippen molar-refractivity contribution in [3.8, 4) is 0 Å². The number of likely N-dealkylation sites (tertiary alicyclic amines) is 1. The smallest absolute Gasteiger partial charge is 0.211 e. The second kappa shape index (κ2) is 12.5. The third kappa shape index (κ3) is 9.19. The first-order valence-electron chi connectivity index (χ1n) is 10.1. The minimum atomic E-state index is -3.14. The molecule has 8 heteroatoms. The molecule has 0 saturated carbocycles. The van der Waals surface area contributed by atoms with Crippen molar-refractivity contribution in [2.75, 3.05) is 45.0 Å². The van der Waals surface area contributed by atoms with E-state index in [0.29, 0.717) is 25.0 Å². The number of rotatable bonds is 10. The molecule has 1 unspecified atom stereocenters. The molecule has 0 aromatic carbocycles. The largest absolute Gasteiger partial charge is 0.357 e. The maximum Gasteiger partial charge on any atom is 0.211 e. The van der Waals surface area contributed by atoms with E-state index in [0.717, 1.165) is 19.0 Å². The Morgan fingerprint density at radius 3 is 2.23 bits per heavy atom. The van der Waals surface area contributed by atoms with Gasteiger partial charge in [0.15, 0.2) is 5.96 Å². The third-order valence-electron chi connectivity index (χ3n) is 4.78. The van der Waals surface area contributed by atoms with E-state index in [9.17, 15) is 8.42 Å². The first kappa shape index (κ1) is 23.2. The topological polar surface area (TPSA) is 85.8 Å². The van der Waals surface area contributed by atoms with Gasteiger partial charge in [-0.2, -0.15) is 0 Å². The minimum absolute atomic E-state index is 0.104. The number of aliphatic imine (C=N–C) groups is 1. The van der Waals surface area contributed by atoms with Crippen molar-refractivity contribution in [3.63, 3.8) is 0 Å². The van der Waals surface area contributed by atoms with Crippen LogP contribution in [0.5, 0.6) is 0 Å². The van der Waals surface area contributed by atoms with Crippen LogP contribution in [0.4, 0.5) is 0 Å². The lowest BCUT2D eigenvalue weighted by atomic mass is 10.0. The Morgan fingerprint density at radius 1 is 1.04 bits per heavy atom. The normalized spacial score (nSPS) is 18.6. The summed E-state index contributed by atoms with van der Waals surface area (Å²) >= 11 is 0. The predicted molar refractivity (Wildman–Crippen MR) is 110 cm³/mol. The van der Waals surface area contributed by atoms with Crippen molar-refractivity contribution >= 4 is 16.0 Å². The molecule has 1 aliphatic rings. The lowest BCUT2D eigenvalue weighted by Gasteiger charge is -2.32. The van der Waals surface area contributed by atoms with E-state index in [-0.39, 0.29) is 5.75 Å². The van der Waals surface area contributed by atoms with Crippen molar-refractivity contribution in [2.45, 2.75) is 59.4 Å². The number of hydrogen-bond acceptors (Lipinski definition) is 4. The molecule has 1 fully saturated rings. The van der Waals surface area contributed by atoms with Crippen LogP contribution in [0.15, 0.2) is 4.99 Å². The highest BCUT2D eigenvalue weighted by Crippen LogP contribution is 2.17. The Kier molecular flexibility index (Phi) is 11.2. The molecule has 1 rings (SSSR count). The molecule has 0 aliphatic carbocycles. The van der Waals surface area contributed by atoms with Gasteiger partial charge in [-0.1, -0.05) is 26.7 Å². The van der Waals surface area contributed by atoms with Gasteiger partial charge in [0.05, 0.1) is 12.3 Å². The van der Waals surface area contributed by atoms with E-state index < -0.39 is 10.0 Å². The van der Waals surface area contributed by atoms with E-state index >= 15 is 0 Å². The predicted octanol–water partition coefficient (Wildman–Crippen LogP) is 1.38. The molecule has 154 valence electrons. The zero-order valence-corrected chi connectivity index (χ0v) is 17.9. The second-order valence-corrected chi connectivity index (χ2v) is 9.30. The maximum atomic E-state index is 11.5. The molecule has 0 aromatic heterocycles. The van der Waals surface area contributed by atoms with Crippen LogP contribution in [0.25, 0.3) is 0 Å². The van der Waals surface area contributed by atoms with Crippen molar-refractivity contribution < 1.29 is 8.42 Å². The number of sulfonamides is 1. The van der Waals surface area contributed by atoms with Crippen molar-refractivity contribution in [2.24, 2.45) is 10.9 Å².